The lowest BCUT2D eigenvalue weighted by molar-refractivity contribution is 0.0729. The molecule has 1 fully saturated rings. The van der Waals surface area contributed by atoms with Crippen molar-refractivity contribution in [1.29, 1.82) is 0 Å². The van der Waals surface area contributed by atoms with Crippen molar-refractivity contribution in [3.63, 3.8) is 0 Å². The van der Waals surface area contributed by atoms with Gasteiger partial charge in [-0.05, 0) is 17.5 Å². The minimum atomic E-state index is -0.0319. The van der Waals surface area contributed by atoms with E-state index in [1.54, 1.807) is 7.11 Å². The maximum Gasteiger partial charge on any atom is 0.272 e. The van der Waals surface area contributed by atoms with Crippen LogP contribution >= 0.6 is 12.4 Å². The van der Waals surface area contributed by atoms with Gasteiger partial charge in [0.2, 0.25) is 5.88 Å². The lowest BCUT2D eigenvalue weighted by atomic mass is 10.1. The molecule has 2 heterocycles. The van der Waals surface area contributed by atoms with Crippen LogP contribution in [-0.4, -0.2) is 49.1 Å². The van der Waals surface area contributed by atoms with Crippen molar-refractivity contribution < 1.29 is 9.53 Å². The van der Waals surface area contributed by atoms with Crippen LogP contribution in [0.4, 0.5) is 0 Å². The molecule has 0 atom stereocenters. The molecule has 1 aromatic carbocycles. The summed E-state index contributed by atoms with van der Waals surface area (Å²) in [6, 6.07) is 9.63. The molecule has 0 bridgehead atoms. The van der Waals surface area contributed by atoms with Gasteiger partial charge in [0.15, 0.2) is 0 Å². The van der Waals surface area contributed by atoms with Crippen molar-refractivity contribution in [2.24, 2.45) is 0 Å². The number of carbonyl (C=O) groups excluding carboxylic acids is 1. The summed E-state index contributed by atoms with van der Waals surface area (Å²) in [5.41, 5.74) is 0.447. The fourth-order valence-corrected chi connectivity index (χ4v) is 2.46. The number of hydrogen-bond acceptors (Lipinski definition) is 4. The number of ether oxygens (including phenoxy) is 1. The van der Waals surface area contributed by atoms with E-state index in [0.29, 0.717) is 11.6 Å². The highest BCUT2D eigenvalue weighted by molar-refractivity contribution is 5.98. The van der Waals surface area contributed by atoms with Crippen molar-refractivity contribution in [1.82, 2.24) is 15.2 Å². The second kappa shape index (κ2) is 6.74. The van der Waals surface area contributed by atoms with Crippen LogP contribution in [0.1, 0.15) is 10.5 Å². The summed E-state index contributed by atoms with van der Waals surface area (Å²) in [7, 11) is 1.58. The van der Waals surface area contributed by atoms with Crippen LogP contribution in [0.2, 0.25) is 0 Å². The van der Waals surface area contributed by atoms with Crippen molar-refractivity contribution >= 4 is 29.1 Å². The largest absolute Gasteiger partial charge is 0.481 e. The third kappa shape index (κ3) is 3.09. The standard InChI is InChI=1S/C15H17N3O2.ClH/c1-20-14-12-5-3-2-4-11(12)10-13(17-14)15(19)18-8-6-16-7-9-18;/h2-5,10,16H,6-9H2,1H3;1H. The first-order valence-corrected chi connectivity index (χ1v) is 6.73. The maximum absolute atomic E-state index is 12.5. The Bertz CT molecular complexity index is 642. The lowest BCUT2D eigenvalue weighted by Gasteiger charge is -2.27. The zero-order valence-corrected chi connectivity index (χ0v) is 12.7. The van der Waals surface area contributed by atoms with E-state index in [9.17, 15) is 4.79 Å². The van der Waals surface area contributed by atoms with E-state index in [0.717, 1.165) is 37.0 Å². The van der Waals surface area contributed by atoms with Crippen LogP contribution in [0.5, 0.6) is 5.88 Å². The smallest absolute Gasteiger partial charge is 0.272 e. The van der Waals surface area contributed by atoms with Gasteiger partial charge in [-0.1, -0.05) is 18.2 Å². The molecule has 0 radical (unpaired) electrons. The zero-order chi connectivity index (χ0) is 13.9. The Morgan fingerprint density at radius 1 is 1.29 bits per heavy atom. The van der Waals surface area contributed by atoms with Crippen LogP contribution in [0.3, 0.4) is 0 Å². The molecule has 1 amide bonds. The molecule has 6 heteroatoms. The van der Waals surface area contributed by atoms with Gasteiger partial charge in [0, 0.05) is 31.6 Å². The molecule has 1 N–H and O–H groups in total. The van der Waals surface area contributed by atoms with Gasteiger partial charge >= 0.3 is 0 Å². The number of nitrogens with zero attached hydrogens (tertiary/aromatic N) is 2. The van der Waals surface area contributed by atoms with Crippen LogP contribution in [0, 0.1) is 0 Å². The topological polar surface area (TPSA) is 54.5 Å². The number of pyridine rings is 1. The summed E-state index contributed by atoms with van der Waals surface area (Å²) in [6.45, 7) is 3.10. The molecule has 1 aliphatic rings. The molecule has 0 spiro atoms. The van der Waals surface area contributed by atoms with E-state index in [1.165, 1.54) is 0 Å². The Labute approximate surface area is 129 Å². The first kappa shape index (κ1) is 15.5. The van der Waals surface area contributed by atoms with E-state index in [-0.39, 0.29) is 18.3 Å². The fourth-order valence-electron chi connectivity index (χ4n) is 2.46. The molecular formula is C15H18ClN3O2. The number of fused-ring (bicyclic) bond motifs is 1. The number of benzene rings is 1. The Morgan fingerprint density at radius 2 is 2.00 bits per heavy atom. The third-order valence-electron chi connectivity index (χ3n) is 3.52. The average molecular weight is 308 g/mol. The summed E-state index contributed by atoms with van der Waals surface area (Å²) in [4.78, 5) is 18.7. The third-order valence-corrected chi connectivity index (χ3v) is 3.52. The van der Waals surface area contributed by atoms with E-state index < -0.39 is 0 Å². The number of amides is 1. The summed E-state index contributed by atoms with van der Waals surface area (Å²) in [5.74, 6) is 0.470. The second-order valence-corrected chi connectivity index (χ2v) is 4.78. The average Bonchev–Trinajstić information content (AvgIpc) is 2.54. The molecule has 112 valence electrons. The minimum absolute atomic E-state index is 0. The minimum Gasteiger partial charge on any atom is -0.481 e. The molecule has 0 saturated carbocycles. The molecule has 3 rings (SSSR count). The monoisotopic (exact) mass is 307 g/mol. The van der Waals surface area contributed by atoms with Crippen molar-refractivity contribution in [3.8, 4) is 5.88 Å². The molecule has 1 aromatic heterocycles. The molecule has 1 saturated heterocycles. The van der Waals surface area contributed by atoms with Crippen molar-refractivity contribution in [3.05, 3.63) is 36.0 Å². The SMILES string of the molecule is COc1nc(C(=O)N2CCNCC2)cc2ccccc12.Cl. The summed E-state index contributed by atoms with van der Waals surface area (Å²) < 4.78 is 5.31. The predicted octanol–water partition coefficient (Wildman–Crippen LogP) is 1.71. The quantitative estimate of drug-likeness (QED) is 0.918. The zero-order valence-electron chi connectivity index (χ0n) is 11.8. The molecule has 2 aromatic rings. The highest BCUT2D eigenvalue weighted by Gasteiger charge is 2.20. The number of methoxy groups -OCH3 is 1. The number of carbonyl (C=O) groups is 1. The number of hydrogen-bond donors (Lipinski definition) is 1. The van der Waals surface area contributed by atoms with Crippen LogP contribution in [0.25, 0.3) is 10.8 Å². The molecular weight excluding hydrogens is 290 g/mol. The Kier molecular flexibility index (Phi) is 4.98. The first-order valence-electron chi connectivity index (χ1n) is 6.73. The highest BCUT2D eigenvalue weighted by atomic mass is 35.5. The molecule has 5 nitrogen and oxygen atoms in total. The van der Waals surface area contributed by atoms with Gasteiger partial charge in [-0.2, -0.15) is 0 Å². The second-order valence-electron chi connectivity index (χ2n) is 4.78. The number of rotatable bonds is 2. The predicted molar refractivity (Wildman–Crippen MR) is 84.3 cm³/mol. The van der Waals surface area contributed by atoms with Gasteiger partial charge in [0.25, 0.3) is 5.91 Å². The van der Waals surface area contributed by atoms with Gasteiger partial charge < -0.3 is 15.0 Å². The normalized spacial score (nSPS) is 14.6. The van der Waals surface area contributed by atoms with Crippen LogP contribution in [-0.2, 0) is 0 Å². The lowest BCUT2D eigenvalue weighted by Crippen LogP contribution is -2.46. The van der Waals surface area contributed by atoms with Crippen LogP contribution in [0.15, 0.2) is 30.3 Å². The number of nitrogens with one attached hydrogen (secondary N) is 1. The molecule has 0 unspecified atom stereocenters. The highest BCUT2D eigenvalue weighted by Crippen LogP contribution is 2.24. The van der Waals surface area contributed by atoms with Crippen molar-refractivity contribution in [2.45, 2.75) is 0 Å². The van der Waals surface area contributed by atoms with E-state index in [4.69, 9.17) is 4.74 Å². The Hall–Kier alpha value is -1.85. The van der Waals surface area contributed by atoms with E-state index >= 15 is 0 Å². The van der Waals surface area contributed by atoms with E-state index in [2.05, 4.69) is 10.3 Å². The summed E-state index contributed by atoms with van der Waals surface area (Å²) in [5, 5.41) is 5.13. The number of piperazine rings is 1. The van der Waals surface area contributed by atoms with Gasteiger partial charge in [0.1, 0.15) is 5.69 Å². The molecule has 21 heavy (non-hydrogen) atoms. The van der Waals surface area contributed by atoms with Gasteiger partial charge in [-0.25, -0.2) is 4.98 Å². The number of aromatic nitrogens is 1. The summed E-state index contributed by atoms with van der Waals surface area (Å²) >= 11 is 0. The number of halogens is 1. The van der Waals surface area contributed by atoms with Gasteiger partial charge in [0.05, 0.1) is 7.11 Å². The molecule has 0 aliphatic carbocycles. The molecule has 1 aliphatic heterocycles. The fraction of sp³-hybridized carbons (Fsp3) is 0.333. The Morgan fingerprint density at radius 3 is 2.71 bits per heavy atom. The first-order chi connectivity index (χ1) is 9.79. The van der Waals surface area contributed by atoms with Crippen molar-refractivity contribution in [2.75, 3.05) is 33.3 Å². The Balaban J connectivity index is 0.00000161. The maximum atomic E-state index is 12.5. The van der Waals surface area contributed by atoms with Crippen LogP contribution < -0.4 is 10.1 Å². The van der Waals surface area contributed by atoms with Gasteiger partial charge in [-0.15, -0.1) is 12.4 Å². The summed E-state index contributed by atoms with van der Waals surface area (Å²) in [6.07, 6.45) is 0. The van der Waals surface area contributed by atoms with E-state index in [1.807, 2.05) is 35.2 Å². The van der Waals surface area contributed by atoms with Gasteiger partial charge in [-0.3, -0.25) is 4.79 Å².